The number of carbonyl (C=O) groups excluding carboxylic acids is 3. The lowest BCUT2D eigenvalue weighted by Crippen LogP contribution is -2.47. The molecule has 0 aliphatic rings. The summed E-state index contributed by atoms with van der Waals surface area (Å²) in [5, 5.41) is 2.60. The molecule has 2 aromatic rings. The molecule has 3 N–H and O–H groups in total. The molecule has 0 saturated heterocycles. The molecule has 0 aromatic heterocycles. The summed E-state index contributed by atoms with van der Waals surface area (Å²) >= 11 is 3.32. The Morgan fingerprint density at radius 3 is 2.35 bits per heavy atom. The van der Waals surface area contributed by atoms with E-state index in [2.05, 4.69) is 32.1 Å². The van der Waals surface area contributed by atoms with Crippen molar-refractivity contribution in [2.45, 2.75) is 20.0 Å². The first-order valence-electron chi connectivity index (χ1n) is 7.75. The summed E-state index contributed by atoms with van der Waals surface area (Å²) in [6.07, 6.45) is -0.799. The molecule has 3 amide bonds. The maximum Gasteiger partial charge on any atom is 0.279 e. The normalized spacial score (nSPS) is 11.2. The number of rotatable bonds is 5. The number of hydrogen-bond donors (Lipinski definition) is 3. The zero-order chi connectivity index (χ0) is 19.1. The monoisotopic (exact) mass is 419 g/mol. The van der Waals surface area contributed by atoms with Crippen LogP contribution in [-0.2, 0) is 9.59 Å². The van der Waals surface area contributed by atoms with E-state index in [1.54, 1.807) is 37.3 Å². The van der Waals surface area contributed by atoms with Crippen LogP contribution in [0.2, 0.25) is 0 Å². The smallest absolute Gasteiger partial charge is 0.279 e. The fourth-order valence-electron chi connectivity index (χ4n) is 2.00. The highest BCUT2D eigenvalue weighted by molar-refractivity contribution is 9.10. The van der Waals surface area contributed by atoms with Crippen LogP contribution in [-0.4, -0.2) is 23.8 Å². The first-order valence-corrected chi connectivity index (χ1v) is 8.54. The number of hydrazine groups is 1. The SMILES string of the molecule is CC(=O)Nc1ccc(C(=O)NNC(=O)C(C)Oc2cccc(Br)c2)cc1. The molecule has 0 spiro atoms. The van der Waals surface area contributed by atoms with Crippen LogP contribution in [0.3, 0.4) is 0 Å². The first kappa shape index (κ1) is 19.5. The predicted octanol–water partition coefficient (Wildman–Crippen LogP) is 2.64. The average molecular weight is 420 g/mol. The predicted molar refractivity (Wildman–Crippen MR) is 101 cm³/mol. The van der Waals surface area contributed by atoms with Crippen molar-refractivity contribution in [3.05, 3.63) is 58.6 Å². The summed E-state index contributed by atoms with van der Waals surface area (Å²) in [6, 6.07) is 13.4. The molecule has 0 saturated carbocycles. The number of carbonyl (C=O) groups is 3. The molecule has 0 aliphatic carbocycles. The molecule has 0 heterocycles. The zero-order valence-corrected chi connectivity index (χ0v) is 15.8. The van der Waals surface area contributed by atoms with Crippen molar-refractivity contribution in [1.82, 2.24) is 10.9 Å². The van der Waals surface area contributed by atoms with Gasteiger partial charge in [-0.05, 0) is 49.4 Å². The number of ether oxygens (including phenoxy) is 1. The van der Waals surface area contributed by atoms with Crippen molar-refractivity contribution in [2.75, 3.05) is 5.32 Å². The van der Waals surface area contributed by atoms with Crippen LogP contribution in [0.5, 0.6) is 5.75 Å². The van der Waals surface area contributed by atoms with Gasteiger partial charge in [-0.25, -0.2) is 0 Å². The van der Waals surface area contributed by atoms with E-state index in [0.717, 1.165) is 4.47 Å². The number of anilines is 1. The molecule has 0 fully saturated rings. The van der Waals surface area contributed by atoms with E-state index >= 15 is 0 Å². The minimum Gasteiger partial charge on any atom is -0.481 e. The Labute approximate surface area is 159 Å². The second kappa shape index (κ2) is 9.00. The van der Waals surface area contributed by atoms with E-state index in [-0.39, 0.29) is 5.91 Å². The Bertz CT molecular complexity index is 808. The number of benzene rings is 2. The van der Waals surface area contributed by atoms with Crippen molar-refractivity contribution in [1.29, 1.82) is 0 Å². The lowest BCUT2D eigenvalue weighted by atomic mass is 10.2. The van der Waals surface area contributed by atoms with Gasteiger partial charge in [-0.2, -0.15) is 0 Å². The molecule has 0 aliphatic heterocycles. The highest BCUT2D eigenvalue weighted by Gasteiger charge is 2.16. The van der Waals surface area contributed by atoms with Crippen LogP contribution in [0, 0.1) is 0 Å². The van der Waals surface area contributed by atoms with E-state index in [4.69, 9.17) is 4.74 Å². The molecule has 7 nitrogen and oxygen atoms in total. The maximum absolute atomic E-state index is 12.0. The second-order valence-corrected chi connectivity index (χ2v) is 6.34. The molecular weight excluding hydrogens is 402 g/mol. The minimum atomic E-state index is -0.799. The van der Waals surface area contributed by atoms with Crippen LogP contribution < -0.4 is 20.9 Å². The second-order valence-electron chi connectivity index (χ2n) is 5.42. The molecule has 26 heavy (non-hydrogen) atoms. The van der Waals surface area contributed by atoms with Gasteiger partial charge >= 0.3 is 0 Å². The van der Waals surface area contributed by atoms with Crippen molar-refractivity contribution in [3.63, 3.8) is 0 Å². The Hall–Kier alpha value is -2.87. The van der Waals surface area contributed by atoms with Gasteiger partial charge in [0, 0.05) is 22.6 Å². The van der Waals surface area contributed by atoms with Crippen LogP contribution in [0.25, 0.3) is 0 Å². The van der Waals surface area contributed by atoms with Crippen molar-refractivity contribution < 1.29 is 19.1 Å². The number of nitrogens with one attached hydrogen (secondary N) is 3. The van der Waals surface area contributed by atoms with Gasteiger partial charge in [-0.15, -0.1) is 0 Å². The topological polar surface area (TPSA) is 96.5 Å². The summed E-state index contributed by atoms with van der Waals surface area (Å²) in [5.74, 6) is -0.647. The van der Waals surface area contributed by atoms with Crippen LogP contribution in [0.1, 0.15) is 24.2 Å². The summed E-state index contributed by atoms with van der Waals surface area (Å²) in [4.78, 5) is 35.1. The van der Waals surface area contributed by atoms with Gasteiger partial charge in [0.2, 0.25) is 5.91 Å². The van der Waals surface area contributed by atoms with Gasteiger partial charge < -0.3 is 10.1 Å². The van der Waals surface area contributed by atoms with E-state index < -0.39 is 17.9 Å². The first-order chi connectivity index (χ1) is 12.3. The molecule has 0 bridgehead atoms. The van der Waals surface area contributed by atoms with Gasteiger partial charge in [0.15, 0.2) is 6.10 Å². The fraction of sp³-hybridized carbons (Fsp3) is 0.167. The van der Waals surface area contributed by atoms with Crippen LogP contribution in [0.15, 0.2) is 53.0 Å². The summed E-state index contributed by atoms with van der Waals surface area (Å²) in [7, 11) is 0. The van der Waals surface area contributed by atoms with Gasteiger partial charge in [0.1, 0.15) is 5.75 Å². The Morgan fingerprint density at radius 1 is 1.04 bits per heavy atom. The quantitative estimate of drug-likeness (QED) is 0.648. The van der Waals surface area contributed by atoms with Gasteiger partial charge in [-0.3, -0.25) is 25.2 Å². The van der Waals surface area contributed by atoms with Crippen molar-refractivity contribution in [3.8, 4) is 5.75 Å². The standard InChI is InChI=1S/C18H18BrN3O4/c1-11(26-16-5-3-4-14(19)10-16)17(24)21-22-18(25)13-6-8-15(9-7-13)20-12(2)23/h3-11H,1-2H3,(H,20,23)(H,21,24)(H,22,25). The number of halogens is 1. The summed E-state index contributed by atoms with van der Waals surface area (Å²) < 4.78 is 6.35. The van der Waals surface area contributed by atoms with Crippen molar-refractivity contribution in [2.24, 2.45) is 0 Å². The maximum atomic E-state index is 12.0. The van der Waals surface area contributed by atoms with Crippen LogP contribution >= 0.6 is 15.9 Å². The van der Waals surface area contributed by atoms with E-state index in [9.17, 15) is 14.4 Å². The molecule has 2 rings (SSSR count). The molecule has 0 radical (unpaired) electrons. The Kier molecular flexibility index (Phi) is 6.74. The molecule has 136 valence electrons. The van der Waals surface area contributed by atoms with E-state index in [1.807, 2.05) is 6.07 Å². The van der Waals surface area contributed by atoms with E-state index in [0.29, 0.717) is 17.0 Å². The van der Waals surface area contributed by atoms with Gasteiger partial charge in [0.25, 0.3) is 11.8 Å². The van der Waals surface area contributed by atoms with Crippen molar-refractivity contribution >= 4 is 39.3 Å². The number of amides is 3. The fourth-order valence-corrected chi connectivity index (χ4v) is 2.38. The molecule has 1 unspecified atom stereocenters. The van der Waals surface area contributed by atoms with Gasteiger partial charge in [0.05, 0.1) is 0 Å². The van der Waals surface area contributed by atoms with E-state index in [1.165, 1.54) is 19.1 Å². The highest BCUT2D eigenvalue weighted by atomic mass is 79.9. The number of hydrogen-bond acceptors (Lipinski definition) is 4. The average Bonchev–Trinajstić information content (AvgIpc) is 2.59. The van der Waals surface area contributed by atoms with Gasteiger partial charge in [-0.1, -0.05) is 22.0 Å². The Morgan fingerprint density at radius 2 is 1.73 bits per heavy atom. The summed E-state index contributed by atoms with van der Waals surface area (Å²) in [5.41, 5.74) is 5.55. The zero-order valence-electron chi connectivity index (χ0n) is 14.2. The third-order valence-corrected chi connectivity index (χ3v) is 3.74. The molecule has 8 heteroatoms. The third-order valence-electron chi connectivity index (χ3n) is 3.24. The van der Waals surface area contributed by atoms with Crippen LogP contribution in [0.4, 0.5) is 5.69 Å². The minimum absolute atomic E-state index is 0.200. The lowest BCUT2D eigenvalue weighted by Gasteiger charge is -2.15. The highest BCUT2D eigenvalue weighted by Crippen LogP contribution is 2.18. The molecular formula is C18H18BrN3O4. The third kappa shape index (κ3) is 5.89. The summed E-state index contributed by atoms with van der Waals surface area (Å²) in [6.45, 7) is 2.97. The Balaban J connectivity index is 1.85. The molecule has 1 atom stereocenters. The molecule has 2 aromatic carbocycles. The largest absolute Gasteiger partial charge is 0.481 e. The lowest BCUT2D eigenvalue weighted by molar-refractivity contribution is -0.128.